The van der Waals surface area contributed by atoms with Crippen LogP contribution in [0.4, 0.5) is 5.82 Å². The van der Waals surface area contributed by atoms with Crippen LogP contribution in [0.15, 0.2) is 18.3 Å². The molecule has 3 nitrogen and oxygen atoms in total. The van der Waals surface area contributed by atoms with Crippen molar-refractivity contribution in [3.05, 3.63) is 23.9 Å². The van der Waals surface area contributed by atoms with Gasteiger partial charge in [-0.15, -0.1) is 0 Å². The molecule has 0 unspecified atom stereocenters. The molecule has 1 aromatic heterocycles. The lowest BCUT2D eigenvalue weighted by molar-refractivity contribution is 0.361. The lowest BCUT2D eigenvalue weighted by Gasteiger charge is -2.27. The summed E-state index contributed by atoms with van der Waals surface area (Å²) in [6.07, 6.45) is 8.87. The van der Waals surface area contributed by atoms with Crippen LogP contribution in [0, 0.1) is 5.92 Å². The molecule has 0 radical (unpaired) electrons. The highest BCUT2D eigenvalue weighted by Crippen LogP contribution is 2.25. The fourth-order valence-corrected chi connectivity index (χ4v) is 2.74. The molecule has 0 amide bonds. The smallest absolute Gasteiger partial charge is 0.128 e. The van der Waals surface area contributed by atoms with Gasteiger partial charge in [0.25, 0.3) is 0 Å². The molecule has 100 valence electrons. The topological polar surface area (TPSA) is 42.1 Å². The molecule has 1 aliphatic carbocycles. The monoisotopic (exact) mass is 247 g/mol. The van der Waals surface area contributed by atoms with Gasteiger partial charge in [-0.25, -0.2) is 4.98 Å². The summed E-state index contributed by atoms with van der Waals surface area (Å²) < 4.78 is 0. The molecule has 1 saturated carbocycles. The van der Waals surface area contributed by atoms with E-state index in [4.69, 9.17) is 5.73 Å². The maximum absolute atomic E-state index is 5.84. The molecule has 1 heterocycles. The van der Waals surface area contributed by atoms with E-state index in [-0.39, 0.29) is 6.04 Å². The van der Waals surface area contributed by atoms with Gasteiger partial charge in [0, 0.05) is 25.8 Å². The Morgan fingerprint density at radius 1 is 1.33 bits per heavy atom. The zero-order valence-electron chi connectivity index (χ0n) is 11.6. The number of hydrogen-bond donors (Lipinski definition) is 1. The molecule has 3 heteroatoms. The first-order valence-corrected chi connectivity index (χ1v) is 7.09. The minimum absolute atomic E-state index is 0.0650. The largest absolute Gasteiger partial charge is 0.359 e. The van der Waals surface area contributed by atoms with Crippen LogP contribution in [0.1, 0.15) is 50.6 Å². The van der Waals surface area contributed by atoms with E-state index in [1.807, 2.05) is 13.1 Å². The van der Waals surface area contributed by atoms with E-state index in [0.717, 1.165) is 23.8 Å². The summed E-state index contributed by atoms with van der Waals surface area (Å²) in [7, 11) is 2.14. The minimum Gasteiger partial charge on any atom is -0.359 e. The molecule has 18 heavy (non-hydrogen) atoms. The summed E-state index contributed by atoms with van der Waals surface area (Å²) in [6, 6.07) is 4.24. The zero-order valence-corrected chi connectivity index (χ0v) is 11.6. The summed E-state index contributed by atoms with van der Waals surface area (Å²) in [4.78, 5) is 6.79. The summed E-state index contributed by atoms with van der Waals surface area (Å²) in [5.41, 5.74) is 6.94. The Bertz CT molecular complexity index is 353. The molecule has 0 saturated heterocycles. The van der Waals surface area contributed by atoms with E-state index >= 15 is 0 Å². The van der Waals surface area contributed by atoms with Crippen molar-refractivity contribution in [3.63, 3.8) is 0 Å². The Morgan fingerprint density at radius 2 is 2.06 bits per heavy atom. The normalized spacial score (nSPS) is 18.6. The number of aromatic nitrogens is 1. The number of rotatable bonds is 4. The molecular weight excluding hydrogens is 222 g/mol. The van der Waals surface area contributed by atoms with Gasteiger partial charge in [0.05, 0.1) is 0 Å². The SMILES string of the molecule is C[C@@H](N)c1ccc(N(C)CC2CCCCC2)nc1. The molecule has 0 aromatic carbocycles. The second-order valence-corrected chi connectivity index (χ2v) is 5.62. The minimum atomic E-state index is 0.0650. The van der Waals surface area contributed by atoms with Gasteiger partial charge in [-0.2, -0.15) is 0 Å². The van der Waals surface area contributed by atoms with Crippen molar-refractivity contribution in [2.24, 2.45) is 11.7 Å². The Labute approximate surface area is 110 Å². The van der Waals surface area contributed by atoms with Crippen LogP contribution in [-0.4, -0.2) is 18.6 Å². The summed E-state index contributed by atoms with van der Waals surface area (Å²) in [5, 5.41) is 0. The third-order valence-corrected chi connectivity index (χ3v) is 3.94. The molecule has 0 aliphatic heterocycles. The Kier molecular flexibility index (Phi) is 4.59. The van der Waals surface area contributed by atoms with Crippen molar-refractivity contribution in [2.75, 3.05) is 18.5 Å². The highest BCUT2D eigenvalue weighted by atomic mass is 15.2. The number of pyridine rings is 1. The Morgan fingerprint density at radius 3 is 2.61 bits per heavy atom. The van der Waals surface area contributed by atoms with Crippen molar-refractivity contribution in [2.45, 2.75) is 45.1 Å². The van der Waals surface area contributed by atoms with E-state index in [9.17, 15) is 0 Å². The molecule has 1 aliphatic rings. The fraction of sp³-hybridized carbons (Fsp3) is 0.667. The van der Waals surface area contributed by atoms with Crippen LogP contribution in [0.3, 0.4) is 0 Å². The standard InChI is InChI=1S/C15H25N3/c1-12(16)14-8-9-15(17-10-14)18(2)11-13-6-4-3-5-7-13/h8-10,12-13H,3-7,11,16H2,1-2H3/t12-/m1/s1. The number of hydrogen-bond acceptors (Lipinski definition) is 3. The number of anilines is 1. The van der Waals surface area contributed by atoms with Crippen molar-refractivity contribution in [3.8, 4) is 0 Å². The van der Waals surface area contributed by atoms with Crippen LogP contribution in [-0.2, 0) is 0 Å². The first-order chi connectivity index (χ1) is 8.66. The van der Waals surface area contributed by atoms with Crippen molar-refractivity contribution >= 4 is 5.82 Å². The molecule has 1 fully saturated rings. The van der Waals surface area contributed by atoms with E-state index in [2.05, 4.69) is 29.1 Å². The van der Waals surface area contributed by atoms with E-state index in [1.54, 1.807) is 0 Å². The van der Waals surface area contributed by atoms with Gasteiger partial charge in [-0.05, 0) is 37.3 Å². The zero-order chi connectivity index (χ0) is 13.0. The van der Waals surface area contributed by atoms with Gasteiger partial charge >= 0.3 is 0 Å². The number of nitrogens with two attached hydrogens (primary N) is 1. The summed E-state index contributed by atoms with van der Waals surface area (Å²) in [5.74, 6) is 1.91. The molecule has 2 N–H and O–H groups in total. The molecule has 2 rings (SSSR count). The average molecular weight is 247 g/mol. The van der Waals surface area contributed by atoms with Crippen LogP contribution < -0.4 is 10.6 Å². The first-order valence-electron chi connectivity index (χ1n) is 7.09. The predicted molar refractivity (Wildman–Crippen MR) is 76.7 cm³/mol. The van der Waals surface area contributed by atoms with Gasteiger partial charge < -0.3 is 10.6 Å². The summed E-state index contributed by atoms with van der Waals surface area (Å²) >= 11 is 0. The second-order valence-electron chi connectivity index (χ2n) is 5.62. The maximum Gasteiger partial charge on any atom is 0.128 e. The van der Waals surface area contributed by atoms with Gasteiger partial charge in [-0.1, -0.05) is 25.3 Å². The van der Waals surface area contributed by atoms with Crippen molar-refractivity contribution < 1.29 is 0 Å². The van der Waals surface area contributed by atoms with Crippen LogP contribution in [0.5, 0.6) is 0 Å². The van der Waals surface area contributed by atoms with Crippen LogP contribution in [0.2, 0.25) is 0 Å². The second kappa shape index (κ2) is 6.19. The highest BCUT2D eigenvalue weighted by Gasteiger charge is 2.16. The van der Waals surface area contributed by atoms with Gasteiger partial charge in [0.15, 0.2) is 0 Å². The van der Waals surface area contributed by atoms with Gasteiger partial charge in [0.2, 0.25) is 0 Å². The molecular formula is C15H25N3. The third kappa shape index (κ3) is 3.45. The first kappa shape index (κ1) is 13.3. The maximum atomic E-state index is 5.84. The Balaban J connectivity index is 1.93. The van der Waals surface area contributed by atoms with Gasteiger partial charge in [0.1, 0.15) is 5.82 Å². The lowest BCUT2D eigenvalue weighted by Crippen LogP contribution is -2.27. The summed E-state index contributed by atoms with van der Waals surface area (Å²) in [6.45, 7) is 3.12. The Hall–Kier alpha value is -1.09. The predicted octanol–water partition coefficient (Wildman–Crippen LogP) is 3.12. The van der Waals surface area contributed by atoms with E-state index < -0.39 is 0 Å². The average Bonchev–Trinajstić information content (AvgIpc) is 2.40. The van der Waals surface area contributed by atoms with E-state index in [1.165, 1.54) is 32.1 Å². The molecule has 1 aromatic rings. The van der Waals surface area contributed by atoms with E-state index in [0.29, 0.717) is 0 Å². The van der Waals surface area contributed by atoms with Gasteiger partial charge in [-0.3, -0.25) is 0 Å². The molecule has 0 spiro atoms. The molecule has 1 atom stereocenters. The van der Waals surface area contributed by atoms with Crippen molar-refractivity contribution in [1.82, 2.24) is 4.98 Å². The van der Waals surface area contributed by atoms with Crippen molar-refractivity contribution in [1.29, 1.82) is 0 Å². The highest BCUT2D eigenvalue weighted by molar-refractivity contribution is 5.38. The molecule has 0 bridgehead atoms. The quantitative estimate of drug-likeness (QED) is 0.889. The fourth-order valence-electron chi connectivity index (χ4n) is 2.74. The lowest BCUT2D eigenvalue weighted by atomic mass is 9.89. The third-order valence-electron chi connectivity index (χ3n) is 3.94. The van der Waals surface area contributed by atoms with Crippen LogP contribution in [0.25, 0.3) is 0 Å². The van der Waals surface area contributed by atoms with Crippen LogP contribution >= 0.6 is 0 Å². The number of nitrogens with zero attached hydrogens (tertiary/aromatic N) is 2.